The van der Waals surface area contributed by atoms with Gasteiger partial charge in [0.15, 0.2) is 5.82 Å². The van der Waals surface area contributed by atoms with Gasteiger partial charge in [-0.05, 0) is 24.7 Å². The molecule has 7 nitrogen and oxygen atoms in total. The first kappa shape index (κ1) is 18.2. The van der Waals surface area contributed by atoms with Gasteiger partial charge >= 0.3 is 6.03 Å². The molecule has 0 saturated heterocycles. The van der Waals surface area contributed by atoms with Crippen molar-refractivity contribution >= 4 is 22.7 Å². The summed E-state index contributed by atoms with van der Waals surface area (Å²) < 4.78 is 22.3. The minimum absolute atomic E-state index is 0.231. The molecule has 0 bridgehead atoms. The fraction of sp³-hybridized carbons (Fsp3) is 0.400. The first-order valence-corrected chi connectivity index (χ1v) is 8.13. The van der Waals surface area contributed by atoms with Crippen LogP contribution in [-0.4, -0.2) is 47.6 Å². The summed E-state index contributed by atoms with van der Waals surface area (Å²) in [4.78, 5) is 18.1. The third kappa shape index (κ3) is 6.19. The van der Waals surface area contributed by atoms with Gasteiger partial charge < -0.3 is 10.1 Å². The van der Waals surface area contributed by atoms with Crippen LogP contribution in [0.25, 0.3) is 0 Å². The van der Waals surface area contributed by atoms with E-state index in [-0.39, 0.29) is 12.4 Å². The van der Waals surface area contributed by atoms with E-state index in [0.29, 0.717) is 29.7 Å². The SMILES string of the molecule is COCCN(C)Cc1nsc(NC(=O)NCc2cccc(F)c2)n1. The highest BCUT2D eigenvalue weighted by molar-refractivity contribution is 7.09. The summed E-state index contributed by atoms with van der Waals surface area (Å²) in [5.41, 5.74) is 0.683. The second-order valence-corrected chi connectivity index (χ2v) is 5.94. The van der Waals surface area contributed by atoms with Crippen LogP contribution >= 0.6 is 11.5 Å². The molecule has 0 aliphatic carbocycles. The van der Waals surface area contributed by atoms with Crippen LogP contribution < -0.4 is 10.6 Å². The van der Waals surface area contributed by atoms with Gasteiger partial charge in [0.1, 0.15) is 5.82 Å². The number of rotatable bonds is 8. The zero-order valence-corrected chi connectivity index (χ0v) is 14.4. The molecular weight excluding hydrogens is 333 g/mol. The van der Waals surface area contributed by atoms with Crippen molar-refractivity contribution < 1.29 is 13.9 Å². The molecule has 2 amide bonds. The van der Waals surface area contributed by atoms with E-state index < -0.39 is 6.03 Å². The summed E-state index contributed by atoms with van der Waals surface area (Å²) in [6, 6.07) is 5.66. The Balaban J connectivity index is 1.78. The van der Waals surface area contributed by atoms with Crippen molar-refractivity contribution in [3.63, 3.8) is 0 Å². The molecule has 1 aromatic heterocycles. The maximum Gasteiger partial charge on any atom is 0.321 e. The number of urea groups is 1. The van der Waals surface area contributed by atoms with E-state index in [4.69, 9.17) is 4.74 Å². The van der Waals surface area contributed by atoms with Crippen molar-refractivity contribution in [2.75, 3.05) is 32.6 Å². The van der Waals surface area contributed by atoms with Gasteiger partial charge in [-0.25, -0.2) is 14.2 Å². The Morgan fingerprint density at radius 2 is 2.29 bits per heavy atom. The van der Waals surface area contributed by atoms with Gasteiger partial charge in [-0.1, -0.05) is 12.1 Å². The molecule has 0 spiro atoms. The monoisotopic (exact) mass is 353 g/mol. The third-order valence-electron chi connectivity index (χ3n) is 3.12. The average molecular weight is 353 g/mol. The molecule has 0 unspecified atom stereocenters. The van der Waals surface area contributed by atoms with Crippen LogP contribution in [0.2, 0.25) is 0 Å². The minimum atomic E-state index is -0.408. The predicted molar refractivity (Wildman–Crippen MR) is 90.4 cm³/mol. The van der Waals surface area contributed by atoms with E-state index in [0.717, 1.165) is 18.1 Å². The summed E-state index contributed by atoms with van der Waals surface area (Å²) in [7, 11) is 3.60. The number of halogens is 1. The second kappa shape index (κ2) is 9.26. The number of benzene rings is 1. The summed E-state index contributed by atoms with van der Waals surface area (Å²) in [5, 5.41) is 5.69. The van der Waals surface area contributed by atoms with Gasteiger partial charge in [0.05, 0.1) is 13.2 Å². The predicted octanol–water partition coefficient (Wildman–Crippen LogP) is 2.08. The maximum atomic E-state index is 13.1. The molecule has 9 heteroatoms. The Morgan fingerprint density at radius 3 is 3.04 bits per heavy atom. The van der Waals surface area contributed by atoms with Crippen LogP contribution in [0, 0.1) is 5.82 Å². The number of anilines is 1. The Kier molecular flexibility index (Phi) is 7.04. The number of ether oxygens (including phenoxy) is 1. The summed E-state index contributed by atoms with van der Waals surface area (Å²) in [6.45, 7) is 2.21. The number of hydrogen-bond donors (Lipinski definition) is 2. The lowest BCUT2D eigenvalue weighted by Crippen LogP contribution is -2.28. The Hall–Kier alpha value is -2.10. The van der Waals surface area contributed by atoms with E-state index in [2.05, 4.69) is 20.0 Å². The number of nitrogens with one attached hydrogen (secondary N) is 2. The Morgan fingerprint density at radius 1 is 1.46 bits per heavy atom. The van der Waals surface area contributed by atoms with Crippen molar-refractivity contribution in [2.45, 2.75) is 13.1 Å². The molecule has 2 N–H and O–H groups in total. The first-order chi connectivity index (χ1) is 11.6. The van der Waals surface area contributed by atoms with Crippen molar-refractivity contribution in [3.8, 4) is 0 Å². The van der Waals surface area contributed by atoms with Crippen molar-refractivity contribution in [3.05, 3.63) is 41.5 Å². The average Bonchev–Trinajstić information content (AvgIpc) is 2.98. The number of carbonyl (C=O) groups is 1. The van der Waals surface area contributed by atoms with Crippen molar-refractivity contribution in [1.82, 2.24) is 19.6 Å². The van der Waals surface area contributed by atoms with Gasteiger partial charge in [0, 0.05) is 31.7 Å². The van der Waals surface area contributed by atoms with Crippen LogP contribution in [0.3, 0.4) is 0 Å². The zero-order chi connectivity index (χ0) is 17.4. The number of amides is 2. The van der Waals surface area contributed by atoms with E-state index >= 15 is 0 Å². The lowest BCUT2D eigenvalue weighted by Gasteiger charge is -2.13. The fourth-order valence-electron chi connectivity index (χ4n) is 1.91. The van der Waals surface area contributed by atoms with Gasteiger partial charge in [-0.2, -0.15) is 4.37 Å². The Bertz CT molecular complexity index is 667. The van der Waals surface area contributed by atoms with E-state index in [1.54, 1.807) is 19.2 Å². The molecule has 0 aliphatic heterocycles. The molecule has 0 atom stereocenters. The highest BCUT2D eigenvalue weighted by atomic mass is 32.1. The first-order valence-electron chi connectivity index (χ1n) is 7.36. The smallest absolute Gasteiger partial charge is 0.321 e. The highest BCUT2D eigenvalue weighted by Gasteiger charge is 2.09. The van der Waals surface area contributed by atoms with Gasteiger partial charge in [-0.15, -0.1) is 0 Å². The van der Waals surface area contributed by atoms with Crippen molar-refractivity contribution in [1.29, 1.82) is 0 Å². The van der Waals surface area contributed by atoms with Crippen LogP contribution in [-0.2, 0) is 17.8 Å². The minimum Gasteiger partial charge on any atom is -0.383 e. The summed E-state index contributed by atoms with van der Waals surface area (Å²) >= 11 is 1.12. The van der Waals surface area contributed by atoms with E-state index in [1.165, 1.54) is 12.1 Å². The van der Waals surface area contributed by atoms with Gasteiger partial charge in [0.25, 0.3) is 0 Å². The topological polar surface area (TPSA) is 79.4 Å². The number of nitrogens with zero attached hydrogens (tertiary/aromatic N) is 3. The molecule has 1 heterocycles. The molecule has 1 aromatic carbocycles. The van der Waals surface area contributed by atoms with Crippen LogP contribution in [0.4, 0.5) is 14.3 Å². The number of aromatic nitrogens is 2. The summed E-state index contributed by atoms with van der Waals surface area (Å²) in [5.74, 6) is 0.306. The standard InChI is InChI=1S/C15H20FN5O2S/c1-21(6-7-23-2)10-13-18-15(24-20-13)19-14(22)17-9-11-4-3-5-12(16)8-11/h3-5,8H,6-7,9-10H2,1-2H3,(H2,17,18,19,20,22). The number of hydrogen-bond acceptors (Lipinski definition) is 6. The Labute approximate surface area is 144 Å². The summed E-state index contributed by atoms with van der Waals surface area (Å²) in [6.07, 6.45) is 0. The van der Waals surface area contributed by atoms with Crippen LogP contribution in [0.15, 0.2) is 24.3 Å². The lowest BCUT2D eigenvalue weighted by atomic mass is 10.2. The van der Waals surface area contributed by atoms with Gasteiger partial charge in [0.2, 0.25) is 5.13 Å². The molecule has 130 valence electrons. The molecule has 2 aromatic rings. The fourth-order valence-corrected chi connectivity index (χ4v) is 2.48. The van der Waals surface area contributed by atoms with Crippen LogP contribution in [0.1, 0.15) is 11.4 Å². The largest absolute Gasteiger partial charge is 0.383 e. The van der Waals surface area contributed by atoms with E-state index in [9.17, 15) is 9.18 Å². The molecule has 0 fully saturated rings. The highest BCUT2D eigenvalue weighted by Crippen LogP contribution is 2.12. The number of likely N-dealkylation sites (N-methyl/N-ethyl adjacent to an activating group) is 1. The molecule has 0 saturated carbocycles. The number of carbonyl (C=O) groups excluding carboxylic acids is 1. The maximum absolute atomic E-state index is 13.1. The third-order valence-corrected chi connectivity index (χ3v) is 3.79. The zero-order valence-electron chi connectivity index (χ0n) is 13.6. The molecule has 0 aliphatic rings. The van der Waals surface area contributed by atoms with Crippen LogP contribution in [0.5, 0.6) is 0 Å². The number of methoxy groups -OCH3 is 1. The molecule has 0 radical (unpaired) electrons. The molecule has 24 heavy (non-hydrogen) atoms. The van der Waals surface area contributed by atoms with E-state index in [1.807, 2.05) is 11.9 Å². The van der Waals surface area contributed by atoms with Gasteiger partial charge in [-0.3, -0.25) is 10.2 Å². The second-order valence-electron chi connectivity index (χ2n) is 5.18. The molecular formula is C15H20FN5O2S. The normalized spacial score (nSPS) is 10.8. The quantitative estimate of drug-likeness (QED) is 0.760. The molecule has 2 rings (SSSR count). The lowest BCUT2D eigenvalue weighted by molar-refractivity contribution is 0.157. The van der Waals surface area contributed by atoms with Crippen molar-refractivity contribution in [2.24, 2.45) is 0 Å².